The highest BCUT2D eigenvalue weighted by Crippen LogP contribution is 2.58. The number of thiophene rings is 1. The molecule has 3 rings (SSSR count). The van der Waals surface area contributed by atoms with Gasteiger partial charge in [-0.3, -0.25) is 4.79 Å². The van der Waals surface area contributed by atoms with Gasteiger partial charge < -0.3 is 4.74 Å². The van der Waals surface area contributed by atoms with Crippen molar-refractivity contribution >= 4 is 17.1 Å². The van der Waals surface area contributed by atoms with Crippen LogP contribution < -0.4 is 0 Å². The van der Waals surface area contributed by atoms with Gasteiger partial charge in [-0.1, -0.05) is 6.07 Å². The summed E-state index contributed by atoms with van der Waals surface area (Å²) in [6.45, 7) is 1.44. The van der Waals surface area contributed by atoms with E-state index in [9.17, 15) is 4.79 Å². The maximum absolute atomic E-state index is 12.0. The second-order valence-corrected chi connectivity index (χ2v) is 4.83. The van der Waals surface area contributed by atoms with Gasteiger partial charge in [-0.25, -0.2) is 0 Å². The molecule has 3 heteroatoms. The molecule has 2 aliphatic rings. The van der Waals surface area contributed by atoms with Gasteiger partial charge in [-0.2, -0.15) is 0 Å². The lowest BCUT2D eigenvalue weighted by atomic mass is 9.99. The van der Waals surface area contributed by atoms with Crippen molar-refractivity contribution in [2.24, 2.45) is 11.3 Å². The Labute approximate surface area is 80.5 Å². The van der Waals surface area contributed by atoms with Gasteiger partial charge in [0.1, 0.15) is 0 Å². The Kier molecular flexibility index (Phi) is 1.44. The fourth-order valence-electron chi connectivity index (χ4n) is 2.16. The molecule has 2 heterocycles. The highest BCUT2D eigenvalue weighted by atomic mass is 32.1. The third-order valence-electron chi connectivity index (χ3n) is 3.11. The quantitative estimate of drug-likeness (QED) is 0.673. The number of fused-ring (bicyclic) bond motifs is 1. The van der Waals surface area contributed by atoms with Gasteiger partial charge in [0.15, 0.2) is 5.78 Å². The molecular weight excluding hydrogens is 184 g/mol. The van der Waals surface area contributed by atoms with E-state index >= 15 is 0 Å². The number of carbonyl (C=O) groups is 1. The third-order valence-corrected chi connectivity index (χ3v) is 3.98. The Balaban J connectivity index is 1.91. The molecule has 0 radical (unpaired) electrons. The minimum absolute atomic E-state index is 0.106. The molecule has 0 aromatic carbocycles. The third kappa shape index (κ3) is 0.944. The van der Waals surface area contributed by atoms with Gasteiger partial charge in [-0.05, 0) is 23.8 Å². The zero-order chi connectivity index (χ0) is 8.89. The summed E-state index contributed by atoms with van der Waals surface area (Å²) in [6, 6.07) is 3.84. The Bertz CT molecular complexity index is 344. The van der Waals surface area contributed by atoms with Crippen LogP contribution in [0.2, 0.25) is 0 Å². The smallest absolute Gasteiger partial charge is 0.181 e. The standard InChI is InChI=1S/C10H10O2S/c11-9(8-2-1-3-13-8)10-4-7(10)5-12-6-10/h1-3,7H,4-6H2. The average molecular weight is 194 g/mol. The Morgan fingerprint density at radius 3 is 3.15 bits per heavy atom. The second kappa shape index (κ2) is 2.42. The van der Waals surface area contributed by atoms with E-state index in [1.165, 1.54) is 11.3 Å². The zero-order valence-corrected chi connectivity index (χ0v) is 7.97. The first-order valence-corrected chi connectivity index (χ1v) is 5.37. The van der Waals surface area contributed by atoms with E-state index in [2.05, 4.69) is 0 Å². The molecule has 0 N–H and O–H groups in total. The summed E-state index contributed by atoms with van der Waals surface area (Å²) in [5.74, 6) is 0.826. The summed E-state index contributed by atoms with van der Waals surface area (Å²) < 4.78 is 5.31. The highest BCUT2D eigenvalue weighted by Gasteiger charge is 2.63. The summed E-state index contributed by atoms with van der Waals surface area (Å²) in [5.41, 5.74) is -0.106. The molecule has 0 spiro atoms. The average Bonchev–Trinajstić information content (AvgIpc) is 2.63. The van der Waals surface area contributed by atoms with Crippen LogP contribution in [0.25, 0.3) is 0 Å². The van der Waals surface area contributed by atoms with Crippen molar-refractivity contribution in [1.82, 2.24) is 0 Å². The number of rotatable bonds is 2. The van der Waals surface area contributed by atoms with E-state index in [0.29, 0.717) is 18.3 Å². The monoisotopic (exact) mass is 194 g/mol. The van der Waals surface area contributed by atoms with Gasteiger partial charge >= 0.3 is 0 Å². The molecule has 1 saturated carbocycles. The summed E-state index contributed by atoms with van der Waals surface area (Å²) in [7, 11) is 0. The molecule has 1 aliphatic heterocycles. The topological polar surface area (TPSA) is 26.3 Å². The summed E-state index contributed by atoms with van der Waals surface area (Å²) >= 11 is 1.54. The van der Waals surface area contributed by atoms with E-state index < -0.39 is 0 Å². The molecule has 1 aliphatic carbocycles. The lowest BCUT2D eigenvalue weighted by Crippen LogP contribution is -2.18. The Morgan fingerprint density at radius 1 is 1.69 bits per heavy atom. The van der Waals surface area contributed by atoms with Crippen LogP contribution in [0, 0.1) is 11.3 Å². The Morgan fingerprint density at radius 2 is 2.62 bits per heavy atom. The molecule has 68 valence electrons. The molecule has 2 unspecified atom stereocenters. The SMILES string of the molecule is O=C(c1cccs1)C12COCC1C2. The van der Waals surface area contributed by atoms with Crippen LogP contribution in [0.3, 0.4) is 0 Å². The van der Waals surface area contributed by atoms with Gasteiger partial charge in [0.05, 0.1) is 23.5 Å². The number of Topliss-reactive ketones (excluding diaryl/α,β-unsaturated/α-hetero) is 1. The van der Waals surface area contributed by atoms with Crippen molar-refractivity contribution < 1.29 is 9.53 Å². The van der Waals surface area contributed by atoms with Gasteiger partial charge in [-0.15, -0.1) is 11.3 Å². The highest BCUT2D eigenvalue weighted by molar-refractivity contribution is 7.12. The summed E-state index contributed by atoms with van der Waals surface area (Å²) in [6.07, 6.45) is 1.05. The van der Waals surface area contributed by atoms with Crippen LogP contribution in [-0.2, 0) is 4.74 Å². The van der Waals surface area contributed by atoms with Crippen LogP contribution in [0.4, 0.5) is 0 Å². The van der Waals surface area contributed by atoms with E-state index in [1.807, 2.05) is 17.5 Å². The molecular formula is C10H10O2S. The molecule has 0 amide bonds. The normalized spacial score (nSPS) is 35.8. The second-order valence-electron chi connectivity index (χ2n) is 3.88. The van der Waals surface area contributed by atoms with Crippen molar-refractivity contribution in [3.05, 3.63) is 22.4 Å². The Hall–Kier alpha value is -0.670. The van der Waals surface area contributed by atoms with Crippen LogP contribution in [0.1, 0.15) is 16.1 Å². The van der Waals surface area contributed by atoms with Crippen molar-refractivity contribution in [2.45, 2.75) is 6.42 Å². The van der Waals surface area contributed by atoms with Gasteiger partial charge in [0.2, 0.25) is 0 Å². The molecule has 1 aromatic rings. The first-order chi connectivity index (χ1) is 6.33. The lowest BCUT2D eigenvalue weighted by Gasteiger charge is -2.06. The molecule has 0 bridgehead atoms. The number of ether oxygens (including phenoxy) is 1. The van der Waals surface area contributed by atoms with Crippen LogP contribution in [0.5, 0.6) is 0 Å². The number of ketones is 1. The van der Waals surface area contributed by atoms with Gasteiger partial charge in [0.25, 0.3) is 0 Å². The van der Waals surface area contributed by atoms with E-state index in [-0.39, 0.29) is 5.41 Å². The minimum Gasteiger partial charge on any atom is -0.380 e. The van der Waals surface area contributed by atoms with Crippen molar-refractivity contribution in [3.63, 3.8) is 0 Å². The number of carbonyl (C=O) groups excluding carboxylic acids is 1. The molecule has 2 fully saturated rings. The lowest BCUT2D eigenvalue weighted by molar-refractivity contribution is 0.0833. The molecule has 2 nitrogen and oxygen atoms in total. The molecule has 2 atom stereocenters. The zero-order valence-electron chi connectivity index (χ0n) is 7.16. The van der Waals surface area contributed by atoms with E-state index in [1.54, 1.807) is 0 Å². The fraction of sp³-hybridized carbons (Fsp3) is 0.500. The summed E-state index contributed by atoms with van der Waals surface area (Å²) in [4.78, 5) is 12.9. The number of hydrogen-bond acceptors (Lipinski definition) is 3. The largest absolute Gasteiger partial charge is 0.380 e. The maximum atomic E-state index is 12.0. The first kappa shape index (κ1) is 7.71. The minimum atomic E-state index is -0.106. The first-order valence-electron chi connectivity index (χ1n) is 4.49. The van der Waals surface area contributed by atoms with E-state index in [4.69, 9.17) is 4.74 Å². The van der Waals surface area contributed by atoms with Crippen molar-refractivity contribution in [2.75, 3.05) is 13.2 Å². The van der Waals surface area contributed by atoms with E-state index in [0.717, 1.165) is 17.9 Å². The van der Waals surface area contributed by atoms with Crippen molar-refractivity contribution in [3.8, 4) is 0 Å². The maximum Gasteiger partial charge on any atom is 0.181 e. The molecule has 13 heavy (non-hydrogen) atoms. The van der Waals surface area contributed by atoms with Gasteiger partial charge in [0, 0.05) is 0 Å². The van der Waals surface area contributed by atoms with Crippen LogP contribution >= 0.6 is 11.3 Å². The predicted molar refractivity (Wildman–Crippen MR) is 50.0 cm³/mol. The summed E-state index contributed by atoms with van der Waals surface area (Å²) in [5, 5.41) is 1.96. The van der Waals surface area contributed by atoms with Crippen LogP contribution in [0.15, 0.2) is 17.5 Å². The molecule has 1 saturated heterocycles. The number of hydrogen-bond donors (Lipinski definition) is 0. The fourth-order valence-corrected chi connectivity index (χ4v) is 2.93. The van der Waals surface area contributed by atoms with Crippen LogP contribution in [-0.4, -0.2) is 19.0 Å². The predicted octanol–water partition coefficient (Wildman–Crippen LogP) is 1.97. The molecule has 1 aromatic heterocycles. The van der Waals surface area contributed by atoms with Crippen molar-refractivity contribution in [1.29, 1.82) is 0 Å².